The first kappa shape index (κ1) is 15.7. The minimum Gasteiger partial charge on any atom is -0.256 e. The van der Waals surface area contributed by atoms with Crippen LogP contribution in [0.2, 0.25) is 0 Å². The zero-order chi connectivity index (χ0) is 15.9. The van der Waals surface area contributed by atoms with Crippen molar-refractivity contribution in [2.75, 3.05) is 0 Å². The third kappa shape index (κ3) is 3.70. The van der Waals surface area contributed by atoms with Gasteiger partial charge in [-0.25, -0.2) is 0 Å². The second-order valence-corrected chi connectivity index (χ2v) is 5.15. The molecule has 1 aromatic carbocycles. The number of rotatable bonds is 5. The smallest absolute Gasteiger partial charge is 0.0708 e. The predicted molar refractivity (Wildman–Crippen MR) is 98.6 cm³/mol. The van der Waals surface area contributed by atoms with Crippen LogP contribution in [-0.2, 0) is 0 Å². The first-order chi connectivity index (χ1) is 10.7. The zero-order valence-corrected chi connectivity index (χ0v) is 13.2. The van der Waals surface area contributed by atoms with Crippen molar-refractivity contribution in [1.29, 1.82) is 0 Å². The van der Waals surface area contributed by atoms with Crippen molar-refractivity contribution in [2.45, 2.75) is 13.8 Å². The molecule has 1 heteroatoms. The highest BCUT2D eigenvalue weighted by Gasteiger charge is 2.02. The molecule has 1 heterocycles. The van der Waals surface area contributed by atoms with E-state index in [4.69, 9.17) is 0 Å². The number of nitrogens with zero attached hydrogens (tertiary/aromatic N) is 1. The summed E-state index contributed by atoms with van der Waals surface area (Å²) in [5, 5.41) is 1.13. The quantitative estimate of drug-likeness (QED) is 0.617. The average molecular weight is 287 g/mol. The molecule has 0 amide bonds. The highest BCUT2D eigenvalue weighted by atomic mass is 14.6. The Morgan fingerprint density at radius 3 is 2.73 bits per heavy atom. The zero-order valence-electron chi connectivity index (χ0n) is 13.2. The molecule has 0 aliphatic rings. The molecule has 1 nitrogen and oxygen atoms in total. The Morgan fingerprint density at radius 2 is 2.05 bits per heavy atom. The Labute approximate surface area is 132 Å². The van der Waals surface area contributed by atoms with E-state index in [0.29, 0.717) is 0 Å². The van der Waals surface area contributed by atoms with Gasteiger partial charge in [0.25, 0.3) is 0 Å². The van der Waals surface area contributed by atoms with Crippen LogP contribution in [-0.4, -0.2) is 4.98 Å². The maximum atomic E-state index is 4.42. The largest absolute Gasteiger partial charge is 0.256 e. The number of benzene rings is 1. The summed E-state index contributed by atoms with van der Waals surface area (Å²) in [6, 6.07) is 8.29. The van der Waals surface area contributed by atoms with Gasteiger partial charge in [0.1, 0.15) is 0 Å². The maximum absolute atomic E-state index is 4.42. The number of aromatic nitrogens is 1. The van der Waals surface area contributed by atoms with Gasteiger partial charge in [-0.2, -0.15) is 0 Å². The molecule has 0 radical (unpaired) electrons. The lowest BCUT2D eigenvalue weighted by molar-refractivity contribution is 1.39. The summed E-state index contributed by atoms with van der Waals surface area (Å²) in [6.07, 6.45) is 13.9. The lowest BCUT2D eigenvalue weighted by Crippen LogP contribution is -1.86. The molecule has 2 rings (SSSR count). The average Bonchev–Trinajstić information content (AvgIpc) is 2.54. The van der Waals surface area contributed by atoms with Gasteiger partial charge >= 0.3 is 0 Å². The first-order valence-electron chi connectivity index (χ1n) is 7.34. The van der Waals surface area contributed by atoms with Crippen LogP contribution >= 0.6 is 0 Å². The minimum atomic E-state index is 0.992. The summed E-state index contributed by atoms with van der Waals surface area (Å²) < 4.78 is 0. The van der Waals surface area contributed by atoms with Gasteiger partial charge in [0.05, 0.1) is 5.52 Å². The fourth-order valence-electron chi connectivity index (χ4n) is 2.23. The van der Waals surface area contributed by atoms with E-state index in [1.807, 2.05) is 56.5 Å². The van der Waals surface area contributed by atoms with Gasteiger partial charge < -0.3 is 0 Å². The van der Waals surface area contributed by atoms with Crippen LogP contribution in [0.5, 0.6) is 0 Å². The molecular formula is C21H21N. The molecule has 0 atom stereocenters. The number of pyridine rings is 1. The fraction of sp³-hybridized carbons (Fsp3) is 0.0952. The van der Waals surface area contributed by atoms with Gasteiger partial charge in [-0.3, -0.25) is 4.98 Å². The van der Waals surface area contributed by atoms with E-state index in [1.54, 1.807) is 0 Å². The molecule has 0 fully saturated rings. The molecule has 22 heavy (non-hydrogen) atoms. The Bertz CT molecular complexity index is 789. The Hall–Kier alpha value is -2.67. The number of fused-ring (bicyclic) bond motifs is 1. The second kappa shape index (κ2) is 7.37. The Morgan fingerprint density at radius 1 is 1.23 bits per heavy atom. The van der Waals surface area contributed by atoms with Gasteiger partial charge in [0, 0.05) is 11.6 Å². The molecule has 0 spiro atoms. The van der Waals surface area contributed by atoms with E-state index >= 15 is 0 Å². The van der Waals surface area contributed by atoms with E-state index in [0.717, 1.165) is 33.2 Å². The first-order valence-corrected chi connectivity index (χ1v) is 7.34. The van der Waals surface area contributed by atoms with E-state index in [9.17, 15) is 0 Å². The van der Waals surface area contributed by atoms with Crippen molar-refractivity contribution in [1.82, 2.24) is 4.98 Å². The van der Waals surface area contributed by atoms with Crippen LogP contribution in [0.25, 0.3) is 22.6 Å². The van der Waals surface area contributed by atoms with E-state index in [2.05, 4.69) is 42.4 Å². The second-order valence-electron chi connectivity index (χ2n) is 5.15. The van der Waals surface area contributed by atoms with Crippen molar-refractivity contribution >= 4 is 22.6 Å². The molecule has 1 aromatic heterocycles. The molecule has 0 unspecified atom stereocenters. The van der Waals surface area contributed by atoms with Crippen LogP contribution in [0.3, 0.4) is 0 Å². The number of hydrogen-bond donors (Lipinski definition) is 0. The minimum absolute atomic E-state index is 0.992. The summed E-state index contributed by atoms with van der Waals surface area (Å²) >= 11 is 0. The molecule has 0 saturated heterocycles. The van der Waals surface area contributed by atoms with Crippen LogP contribution < -0.4 is 0 Å². The van der Waals surface area contributed by atoms with Crippen LogP contribution in [0.1, 0.15) is 25.0 Å². The standard InChI is InChI=1S/C21H21N/c1-5-7-8-17(6-2)9-10-18-11-12-21-20(15-18)19(16(3)4)13-14-22-21/h5-15H,2-3H2,1,4H3/b7-5-,10-9+,17-8+. The molecular weight excluding hydrogens is 266 g/mol. The SMILES string of the molecule is C=CC(/C=C/c1ccc2nccc(C(=C)C)c2c1)=C\C=C/C. The fourth-order valence-corrected chi connectivity index (χ4v) is 2.23. The number of hydrogen-bond acceptors (Lipinski definition) is 1. The summed E-state index contributed by atoms with van der Waals surface area (Å²) in [5.74, 6) is 0. The highest BCUT2D eigenvalue weighted by molar-refractivity contribution is 5.92. The van der Waals surface area contributed by atoms with Gasteiger partial charge in [-0.1, -0.05) is 61.3 Å². The Balaban J connectivity index is 2.43. The van der Waals surface area contributed by atoms with Crippen LogP contribution in [0.4, 0.5) is 0 Å². The molecule has 0 bridgehead atoms. The molecule has 0 aliphatic heterocycles. The lowest BCUT2D eigenvalue weighted by atomic mass is 10.0. The molecule has 0 aliphatic carbocycles. The summed E-state index contributed by atoms with van der Waals surface area (Å²) in [7, 11) is 0. The van der Waals surface area contributed by atoms with Crippen LogP contribution in [0.15, 0.2) is 79.6 Å². The third-order valence-electron chi connectivity index (χ3n) is 3.41. The van der Waals surface area contributed by atoms with Crippen molar-refractivity contribution < 1.29 is 0 Å². The van der Waals surface area contributed by atoms with E-state index in [1.165, 1.54) is 0 Å². The summed E-state index contributed by atoms with van der Waals surface area (Å²) in [6.45, 7) is 11.9. The predicted octanol–water partition coefficient (Wildman–Crippen LogP) is 5.97. The van der Waals surface area contributed by atoms with Gasteiger partial charge in [-0.05, 0) is 48.7 Å². The van der Waals surface area contributed by atoms with Gasteiger partial charge in [0.15, 0.2) is 0 Å². The normalized spacial score (nSPS) is 12.4. The lowest BCUT2D eigenvalue weighted by Gasteiger charge is -2.06. The van der Waals surface area contributed by atoms with E-state index in [-0.39, 0.29) is 0 Å². The monoisotopic (exact) mass is 287 g/mol. The van der Waals surface area contributed by atoms with Crippen LogP contribution in [0, 0.1) is 0 Å². The molecule has 0 N–H and O–H groups in total. The van der Waals surface area contributed by atoms with Crippen molar-refractivity contribution in [3.63, 3.8) is 0 Å². The summed E-state index contributed by atoms with van der Waals surface area (Å²) in [4.78, 5) is 4.42. The van der Waals surface area contributed by atoms with Gasteiger partial charge in [0.2, 0.25) is 0 Å². The summed E-state index contributed by atoms with van der Waals surface area (Å²) in [5.41, 5.74) is 5.40. The Kier molecular flexibility index (Phi) is 5.26. The number of allylic oxidation sites excluding steroid dienone is 7. The topological polar surface area (TPSA) is 12.9 Å². The van der Waals surface area contributed by atoms with Gasteiger partial charge in [-0.15, -0.1) is 0 Å². The van der Waals surface area contributed by atoms with Crippen molar-refractivity contribution in [3.05, 3.63) is 90.7 Å². The van der Waals surface area contributed by atoms with E-state index < -0.39 is 0 Å². The molecule has 110 valence electrons. The maximum Gasteiger partial charge on any atom is 0.0708 e. The molecule has 2 aromatic rings. The molecule has 0 saturated carbocycles. The van der Waals surface area contributed by atoms with Crippen molar-refractivity contribution in [3.8, 4) is 0 Å². The van der Waals surface area contributed by atoms with Crippen molar-refractivity contribution in [2.24, 2.45) is 0 Å². The highest BCUT2D eigenvalue weighted by Crippen LogP contribution is 2.24. The third-order valence-corrected chi connectivity index (χ3v) is 3.41.